The van der Waals surface area contributed by atoms with Gasteiger partial charge in [-0.15, -0.1) is 0 Å². The first kappa shape index (κ1) is 15.8. The van der Waals surface area contributed by atoms with Crippen molar-refractivity contribution in [1.29, 1.82) is 5.26 Å². The number of nitriles is 1. The molecule has 0 aliphatic rings. The first-order valence-corrected chi connectivity index (χ1v) is 7.59. The molecule has 3 aromatic rings. The van der Waals surface area contributed by atoms with Crippen molar-refractivity contribution in [2.45, 2.75) is 6.42 Å². The first-order chi connectivity index (χ1) is 11.7. The highest BCUT2D eigenvalue weighted by molar-refractivity contribution is 5.97. The Labute approximate surface area is 138 Å². The Balaban J connectivity index is 2.18. The predicted molar refractivity (Wildman–Crippen MR) is 91.9 cm³/mol. The maximum Gasteiger partial charge on any atom is 0.255 e. The molecule has 0 aliphatic carbocycles. The van der Waals surface area contributed by atoms with E-state index in [2.05, 4.69) is 4.98 Å². The fourth-order valence-electron chi connectivity index (χ4n) is 2.79. The molecule has 1 heterocycles. The molecule has 2 aromatic carbocycles. The van der Waals surface area contributed by atoms with Gasteiger partial charge >= 0.3 is 0 Å². The average molecular weight is 320 g/mol. The number of aromatic amines is 1. The predicted octanol–water partition coefficient (Wildman–Crippen LogP) is 2.63. The smallest absolute Gasteiger partial charge is 0.255 e. The molecule has 0 unspecified atom stereocenters. The number of ether oxygens (including phenoxy) is 1. The van der Waals surface area contributed by atoms with Gasteiger partial charge in [-0.1, -0.05) is 24.3 Å². The van der Waals surface area contributed by atoms with E-state index in [0.29, 0.717) is 17.6 Å². The van der Waals surface area contributed by atoms with Crippen LogP contribution in [0.25, 0.3) is 21.9 Å². The molecule has 0 amide bonds. The SMILES string of the molecule is N#CCOc1ccc2c(-c3ccccc3CCO)c[nH]c(=O)c2c1. The van der Waals surface area contributed by atoms with Crippen LogP contribution in [-0.4, -0.2) is 23.3 Å². The van der Waals surface area contributed by atoms with Crippen molar-refractivity contribution in [2.24, 2.45) is 0 Å². The van der Waals surface area contributed by atoms with Gasteiger partial charge in [-0.25, -0.2) is 0 Å². The molecule has 5 heteroatoms. The number of hydrogen-bond donors (Lipinski definition) is 2. The number of rotatable bonds is 5. The van der Waals surface area contributed by atoms with Crippen LogP contribution in [0.3, 0.4) is 0 Å². The molecule has 0 radical (unpaired) electrons. The minimum Gasteiger partial charge on any atom is -0.479 e. The molecule has 0 saturated heterocycles. The first-order valence-electron chi connectivity index (χ1n) is 7.59. The summed E-state index contributed by atoms with van der Waals surface area (Å²) in [4.78, 5) is 14.9. The van der Waals surface area contributed by atoms with E-state index < -0.39 is 0 Å². The van der Waals surface area contributed by atoms with Crippen LogP contribution in [0.1, 0.15) is 5.56 Å². The van der Waals surface area contributed by atoms with Gasteiger partial charge in [0.15, 0.2) is 6.61 Å². The van der Waals surface area contributed by atoms with Crippen molar-refractivity contribution < 1.29 is 9.84 Å². The second-order valence-electron chi connectivity index (χ2n) is 5.32. The molecule has 0 aliphatic heterocycles. The summed E-state index contributed by atoms with van der Waals surface area (Å²) < 4.78 is 5.28. The topological polar surface area (TPSA) is 86.1 Å². The van der Waals surface area contributed by atoms with Gasteiger partial charge in [0.05, 0.1) is 5.39 Å². The van der Waals surface area contributed by atoms with E-state index in [1.165, 1.54) is 0 Å². The minimum atomic E-state index is -0.212. The van der Waals surface area contributed by atoms with Crippen molar-refractivity contribution in [3.63, 3.8) is 0 Å². The zero-order valence-corrected chi connectivity index (χ0v) is 13.0. The molecule has 2 N–H and O–H groups in total. The van der Waals surface area contributed by atoms with Crippen LogP contribution in [0.4, 0.5) is 0 Å². The Morgan fingerprint density at radius 3 is 2.75 bits per heavy atom. The molecule has 0 saturated carbocycles. The number of aromatic nitrogens is 1. The van der Waals surface area contributed by atoms with E-state index >= 15 is 0 Å². The zero-order chi connectivity index (χ0) is 16.9. The number of aliphatic hydroxyl groups excluding tert-OH is 1. The van der Waals surface area contributed by atoms with Crippen molar-refractivity contribution in [3.8, 4) is 22.9 Å². The molecular formula is C19H16N2O3. The molecule has 0 atom stereocenters. The Morgan fingerprint density at radius 2 is 1.96 bits per heavy atom. The lowest BCUT2D eigenvalue weighted by Gasteiger charge is -2.12. The molecule has 0 bridgehead atoms. The van der Waals surface area contributed by atoms with Crippen molar-refractivity contribution in [1.82, 2.24) is 4.98 Å². The Bertz CT molecular complexity index is 970. The molecule has 0 spiro atoms. The molecular weight excluding hydrogens is 304 g/mol. The van der Waals surface area contributed by atoms with Crippen LogP contribution in [0.5, 0.6) is 5.75 Å². The van der Waals surface area contributed by atoms with Crippen LogP contribution in [0.15, 0.2) is 53.5 Å². The summed E-state index contributed by atoms with van der Waals surface area (Å²) in [5, 5.41) is 19.2. The fourth-order valence-corrected chi connectivity index (χ4v) is 2.79. The summed E-state index contributed by atoms with van der Waals surface area (Å²) in [5.41, 5.74) is 2.66. The molecule has 1 aromatic heterocycles. The van der Waals surface area contributed by atoms with E-state index in [9.17, 15) is 9.90 Å². The number of hydrogen-bond acceptors (Lipinski definition) is 4. The maximum absolute atomic E-state index is 12.2. The highest BCUT2D eigenvalue weighted by Crippen LogP contribution is 2.31. The third-order valence-corrected chi connectivity index (χ3v) is 3.87. The van der Waals surface area contributed by atoms with Crippen LogP contribution in [0.2, 0.25) is 0 Å². The Kier molecular flexibility index (Phi) is 4.59. The largest absolute Gasteiger partial charge is 0.479 e. The summed E-state index contributed by atoms with van der Waals surface area (Å²) in [5.74, 6) is 0.482. The van der Waals surface area contributed by atoms with E-state index in [1.807, 2.05) is 36.4 Å². The van der Waals surface area contributed by atoms with Crippen molar-refractivity contribution in [3.05, 3.63) is 64.6 Å². The van der Waals surface area contributed by atoms with Gasteiger partial charge < -0.3 is 14.8 Å². The lowest BCUT2D eigenvalue weighted by Crippen LogP contribution is -2.07. The van der Waals surface area contributed by atoms with Crippen LogP contribution >= 0.6 is 0 Å². The second kappa shape index (κ2) is 6.99. The fraction of sp³-hybridized carbons (Fsp3) is 0.158. The molecule has 5 nitrogen and oxygen atoms in total. The van der Waals surface area contributed by atoms with Gasteiger partial charge in [0, 0.05) is 18.4 Å². The van der Waals surface area contributed by atoms with E-state index in [0.717, 1.165) is 22.1 Å². The quantitative estimate of drug-likeness (QED) is 0.756. The van der Waals surface area contributed by atoms with Gasteiger partial charge in [-0.05, 0) is 41.1 Å². The summed E-state index contributed by atoms with van der Waals surface area (Å²) in [6.07, 6.45) is 2.23. The minimum absolute atomic E-state index is 0.0600. The number of pyridine rings is 1. The van der Waals surface area contributed by atoms with Crippen molar-refractivity contribution in [2.75, 3.05) is 13.2 Å². The third kappa shape index (κ3) is 3.00. The van der Waals surface area contributed by atoms with Crippen LogP contribution < -0.4 is 10.3 Å². The lowest BCUT2D eigenvalue weighted by molar-refractivity contribution is 0.300. The number of benzene rings is 2. The molecule has 120 valence electrons. The van der Waals surface area contributed by atoms with Crippen LogP contribution in [0, 0.1) is 11.3 Å². The summed E-state index contributed by atoms with van der Waals surface area (Å²) >= 11 is 0. The van der Waals surface area contributed by atoms with E-state index in [-0.39, 0.29) is 18.8 Å². The van der Waals surface area contributed by atoms with Gasteiger partial charge in [0.2, 0.25) is 0 Å². The highest BCUT2D eigenvalue weighted by Gasteiger charge is 2.11. The zero-order valence-electron chi connectivity index (χ0n) is 13.0. The van der Waals surface area contributed by atoms with Crippen molar-refractivity contribution >= 4 is 10.8 Å². The molecule has 24 heavy (non-hydrogen) atoms. The summed E-state index contributed by atoms with van der Waals surface area (Å²) in [6.45, 7) is -0.00706. The summed E-state index contributed by atoms with van der Waals surface area (Å²) in [6, 6.07) is 14.9. The normalized spacial score (nSPS) is 10.5. The molecule has 0 fully saturated rings. The number of fused-ring (bicyclic) bond motifs is 1. The summed E-state index contributed by atoms with van der Waals surface area (Å²) in [7, 11) is 0. The van der Waals surface area contributed by atoms with E-state index in [4.69, 9.17) is 10.00 Å². The number of H-pyrrole nitrogens is 1. The van der Waals surface area contributed by atoms with Gasteiger partial charge in [0.25, 0.3) is 5.56 Å². The lowest BCUT2D eigenvalue weighted by atomic mass is 9.95. The van der Waals surface area contributed by atoms with Gasteiger partial charge in [0.1, 0.15) is 11.8 Å². The Morgan fingerprint density at radius 1 is 1.12 bits per heavy atom. The van der Waals surface area contributed by atoms with Gasteiger partial charge in [-0.3, -0.25) is 4.79 Å². The second-order valence-corrected chi connectivity index (χ2v) is 5.32. The van der Waals surface area contributed by atoms with Gasteiger partial charge in [-0.2, -0.15) is 5.26 Å². The Hall–Kier alpha value is -3.10. The van der Waals surface area contributed by atoms with E-state index in [1.54, 1.807) is 18.3 Å². The number of aliphatic hydroxyl groups is 1. The highest BCUT2D eigenvalue weighted by atomic mass is 16.5. The molecule has 3 rings (SSSR count). The maximum atomic E-state index is 12.2. The standard InChI is InChI=1S/C19H16N2O3/c20-8-10-24-14-5-6-16-17(11-14)19(23)21-12-18(16)15-4-2-1-3-13(15)7-9-22/h1-6,11-12,22H,7,9-10H2,(H,21,23). The number of nitrogens with one attached hydrogen (secondary N) is 1. The monoisotopic (exact) mass is 320 g/mol. The third-order valence-electron chi connectivity index (χ3n) is 3.87. The van der Waals surface area contributed by atoms with Crippen LogP contribution in [-0.2, 0) is 6.42 Å². The average Bonchev–Trinajstić information content (AvgIpc) is 2.61. The number of nitrogens with zero attached hydrogens (tertiary/aromatic N) is 1.